The van der Waals surface area contributed by atoms with Crippen LogP contribution < -0.4 is 10.1 Å². The maximum Gasteiger partial charge on any atom is 0.257 e. The van der Waals surface area contributed by atoms with E-state index in [-0.39, 0.29) is 16.5 Å². The van der Waals surface area contributed by atoms with Crippen molar-refractivity contribution in [1.29, 1.82) is 0 Å². The van der Waals surface area contributed by atoms with Gasteiger partial charge in [-0.1, -0.05) is 35.3 Å². The average molecular weight is 451 g/mol. The normalized spacial score (nSPS) is 10.5. The fourth-order valence-electron chi connectivity index (χ4n) is 2.89. The van der Waals surface area contributed by atoms with Crippen LogP contribution in [-0.4, -0.2) is 20.9 Å². The summed E-state index contributed by atoms with van der Waals surface area (Å²) in [6, 6.07) is 15.7. The van der Waals surface area contributed by atoms with Crippen LogP contribution in [-0.2, 0) is 0 Å². The number of aromatic nitrogens is 3. The molecule has 4 rings (SSSR count). The van der Waals surface area contributed by atoms with E-state index in [0.29, 0.717) is 28.0 Å². The first-order valence-corrected chi connectivity index (χ1v) is 10.0. The standard InChI is InChI=1S/C23H16Cl2N4O2/c1-14-7-8-15(29-22(30)17-4-2-6-18(24)21(17)25)12-20(14)31-23-16(5-3-10-27-23)19-9-11-26-13-28-19/h2-13H,1H3,(H,29,30). The number of halogens is 2. The summed E-state index contributed by atoms with van der Waals surface area (Å²) in [4.78, 5) is 25.2. The third-order valence-electron chi connectivity index (χ3n) is 4.48. The zero-order valence-electron chi connectivity index (χ0n) is 16.3. The number of hydrogen-bond acceptors (Lipinski definition) is 5. The number of pyridine rings is 1. The number of carbonyl (C=O) groups is 1. The average Bonchev–Trinajstić information content (AvgIpc) is 2.79. The van der Waals surface area contributed by atoms with Crippen molar-refractivity contribution in [2.75, 3.05) is 5.32 Å². The molecule has 0 unspecified atom stereocenters. The Labute approximate surface area is 188 Å². The van der Waals surface area contributed by atoms with Crippen LogP contribution in [0.4, 0.5) is 5.69 Å². The number of hydrogen-bond donors (Lipinski definition) is 1. The summed E-state index contributed by atoms with van der Waals surface area (Å²) < 4.78 is 6.10. The molecular weight excluding hydrogens is 435 g/mol. The molecule has 0 atom stereocenters. The number of rotatable bonds is 5. The molecule has 0 saturated heterocycles. The van der Waals surface area contributed by atoms with Gasteiger partial charge in [0.2, 0.25) is 5.88 Å². The minimum Gasteiger partial charge on any atom is -0.438 e. The predicted molar refractivity (Wildman–Crippen MR) is 121 cm³/mol. The third-order valence-corrected chi connectivity index (χ3v) is 5.30. The molecule has 1 amide bonds. The van der Waals surface area contributed by atoms with E-state index in [9.17, 15) is 4.79 Å². The van der Waals surface area contributed by atoms with E-state index in [4.69, 9.17) is 27.9 Å². The molecule has 0 spiro atoms. The molecule has 1 N–H and O–H groups in total. The molecule has 6 nitrogen and oxygen atoms in total. The van der Waals surface area contributed by atoms with Gasteiger partial charge in [0.25, 0.3) is 5.91 Å². The highest BCUT2D eigenvalue weighted by molar-refractivity contribution is 6.44. The maximum absolute atomic E-state index is 12.7. The lowest BCUT2D eigenvalue weighted by molar-refractivity contribution is 0.102. The third kappa shape index (κ3) is 4.66. The van der Waals surface area contributed by atoms with Gasteiger partial charge in [-0.15, -0.1) is 0 Å². The van der Waals surface area contributed by atoms with Crippen molar-refractivity contribution >= 4 is 34.8 Å². The Kier molecular flexibility index (Phi) is 6.11. The molecule has 8 heteroatoms. The lowest BCUT2D eigenvalue weighted by atomic mass is 10.1. The molecule has 2 aromatic heterocycles. The largest absolute Gasteiger partial charge is 0.438 e. The van der Waals surface area contributed by atoms with Gasteiger partial charge in [-0.05, 0) is 48.9 Å². The second-order valence-corrected chi connectivity index (χ2v) is 7.37. The summed E-state index contributed by atoms with van der Waals surface area (Å²) in [6.07, 6.45) is 4.76. The number of anilines is 1. The Hall–Kier alpha value is -3.48. The van der Waals surface area contributed by atoms with Gasteiger partial charge < -0.3 is 10.1 Å². The van der Waals surface area contributed by atoms with Gasteiger partial charge in [0, 0.05) is 24.1 Å². The van der Waals surface area contributed by atoms with Crippen molar-refractivity contribution in [3.05, 3.63) is 94.5 Å². The van der Waals surface area contributed by atoms with E-state index >= 15 is 0 Å². The Morgan fingerprint density at radius 2 is 1.87 bits per heavy atom. The Bertz CT molecular complexity index is 1250. The molecular formula is C23H16Cl2N4O2. The number of benzene rings is 2. The van der Waals surface area contributed by atoms with Crippen LogP contribution in [0, 0.1) is 6.92 Å². The molecule has 154 valence electrons. The number of carbonyl (C=O) groups excluding carboxylic acids is 1. The quantitative estimate of drug-likeness (QED) is 0.391. The van der Waals surface area contributed by atoms with Crippen LogP contribution >= 0.6 is 23.2 Å². The Morgan fingerprint density at radius 3 is 2.68 bits per heavy atom. The zero-order valence-corrected chi connectivity index (χ0v) is 17.9. The summed E-state index contributed by atoms with van der Waals surface area (Å²) in [5.74, 6) is 0.566. The number of ether oxygens (including phenoxy) is 1. The highest BCUT2D eigenvalue weighted by Gasteiger charge is 2.15. The van der Waals surface area contributed by atoms with Crippen molar-refractivity contribution in [3.8, 4) is 22.9 Å². The zero-order chi connectivity index (χ0) is 21.8. The fraction of sp³-hybridized carbons (Fsp3) is 0.0435. The number of aryl methyl sites for hydroxylation is 1. The number of amides is 1. The first-order valence-electron chi connectivity index (χ1n) is 9.28. The minimum atomic E-state index is -0.373. The first kappa shape index (κ1) is 20.8. The molecule has 0 aliphatic carbocycles. The molecule has 0 radical (unpaired) electrons. The molecule has 2 aromatic carbocycles. The van der Waals surface area contributed by atoms with Crippen LogP contribution in [0.2, 0.25) is 10.0 Å². The molecule has 2 heterocycles. The maximum atomic E-state index is 12.7. The van der Waals surface area contributed by atoms with Gasteiger partial charge in [-0.25, -0.2) is 15.0 Å². The van der Waals surface area contributed by atoms with Crippen molar-refractivity contribution in [3.63, 3.8) is 0 Å². The Morgan fingerprint density at radius 1 is 1.00 bits per heavy atom. The van der Waals surface area contributed by atoms with Gasteiger partial charge in [0.15, 0.2) is 0 Å². The Balaban J connectivity index is 1.61. The lowest BCUT2D eigenvalue weighted by Gasteiger charge is -2.13. The van der Waals surface area contributed by atoms with E-state index < -0.39 is 0 Å². The summed E-state index contributed by atoms with van der Waals surface area (Å²) in [6.45, 7) is 1.90. The van der Waals surface area contributed by atoms with Gasteiger partial charge in [0.05, 0.1) is 26.9 Å². The fourth-order valence-corrected chi connectivity index (χ4v) is 3.27. The van der Waals surface area contributed by atoms with Crippen molar-refractivity contribution < 1.29 is 9.53 Å². The van der Waals surface area contributed by atoms with Gasteiger partial charge in [-0.2, -0.15) is 0 Å². The smallest absolute Gasteiger partial charge is 0.257 e. The molecule has 31 heavy (non-hydrogen) atoms. The summed E-state index contributed by atoms with van der Waals surface area (Å²) in [7, 11) is 0. The minimum absolute atomic E-state index is 0.202. The summed E-state index contributed by atoms with van der Waals surface area (Å²) in [5.41, 5.74) is 3.12. The van der Waals surface area contributed by atoms with Crippen LogP contribution in [0.25, 0.3) is 11.3 Å². The van der Waals surface area contributed by atoms with Gasteiger partial charge in [-0.3, -0.25) is 4.79 Å². The predicted octanol–water partition coefficient (Wildman–Crippen LogP) is 6.20. The summed E-state index contributed by atoms with van der Waals surface area (Å²) in [5, 5.41) is 3.34. The number of nitrogens with zero attached hydrogens (tertiary/aromatic N) is 3. The topological polar surface area (TPSA) is 77.0 Å². The van der Waals surface area contributed by atoms with Crippen LogP contribution in [0.3, 0.4) is 0 Å². The lowest BCUT2D eigenvalue weighted by Crippen LogP contribution is -2.12. The molecule has 0 saturated carbocycles. The van der Waals surface area contributed by atoms with Crippen molar-refractivity contribution in [1.82, 2.24) is 15.0 Å². The molecule has 0 fully saturated rings. The van der Waals surface area contributed by atoms with E-state index in [1.807, 2.05) is 25.1 Å². The summed E-state index contributed by atoms with van der Waals surface area (Å²) >= 11 is 12.2. The SMILES string of the molecule is Cc1ccc(NC(=O)c2cccc(Cl)c2Cl)cc1Oc1ncccc1-c1ccncn1. The highest BCUT2D eigenvalue weighted by Crippen LogP contribution is 2.33. The number of nitrogens with one attached hydrogen (secondary N) is 1. The van der Waals surface area contributed by atoms with Crippen LogP contribution in [0.5, 0.6) is 11.6 Å². The van der Waals surface area contributed by atoms with Crippen LogP contribution in [0.1, 0.15) is 15.9 Å². The van der Waals surface area contributed by atoms with Crippen molar-refractivity contribution in [2.45, 2.75) is 6.92 Å². The van der Waals surface area contributed by atoms with E-state index in [2.05, 4.69) is 20.3 Å². The molecule has 0 aliphatic heterocycles. The molecule has 4 aromatic rings. The monoisotopic (exact) mass is 450 g/mol. The first-order chi connectivity index (χ1) is 15.0. The van der Waals surface area contributed by atoms with Crippen molar-refractivity contribution in [2.24, 2.45) is 0 Å². The van der Waals surface area contributed by atoms with Crippen LogP contribution in [0.15, 0.2) is 73.3 Å². The van der Waals surface area contributed by atoms with E-state index in [0.717, 1.165) is 11.1 Å². The second kappa shape index (κ2) is 9.12. The second-order valence-electron chi connectivity index (χ2n) is 6.59. The highest BCUT2D eigenvalue weighted by atomic mass is 35.5. The molecule has 0 bridgehead atoms. The van der Waals surface area contributed by atoms with E-state index in [1.165, 1.54) is 6.33 Å². The van der Waals surface area contributed by atoms with E-state index in [1.54, 1.807) is 48.8 Å². The van der Waals surface area contributed by atoms with Gasteiger partial charge in [0.1, 0.15) is 12.1 Å². The van der Waals surface area contributed by atoms with Gasteiger partial charge >= 0.3 is 0 Å². The molecule has 0 aliphatic rings.